The monoisotopic (exact) mass is 330 g/mol. The van der Waals surface area contributed by atoms with E-state index in [4.69, 9.17) is 4.74 Å². The van der Waals surface area contributed by atoms with Gasteiger partial charge in [-0.1, -0.05) is 42.5 Å². The van der Waals surface area contributed by atoms with Crippen molar-refractivity contribution in [2.45, 2.75) is 6.17 Å². The lowest BCUT2D eigenvalue weighted by Gasteiger charge is -2.38. The highest BCUT2D eigenvalue weighted by Gasteiger charge is 2.33. The quantitative estimate of drug-likeness (QED) is 0.770. The number of carbonyl (C=O) groups excluding carboxylic acids is 1. The fourth-order valence-corrected chi connectivity index (χ4v) is 3.13. The van der Waals surface area contributed by atoms with Crippen LogP contribution in [-0.4, -0.2) is 13.0 Å². The Morgan fingerprint density at radius 1 is 0.880 bits per heavy atom. The van der Waals surface area contributed by atoms with E-state index in [0.717, 1.165) is 22.7 Å². The SMILES string of the molecule is COc1ccc(C2Nc3ccccc3C(=O)N2c2ccccc2)cc1. The van der Waals surface area contributed by atoms with E-state index in [1.54, 1.807) is 12.0 Å². The largest absolute Gasteiger partial charge is 0.497 e. The van der Waals surface area contributed by atoms with Crippen molar-refractivity contribution >= 4 is 17.3 Å². The summed E-state index contributed by atoms with van der Waals surface area (Å²) in [7, 11) is 1.64. The first-order chi connectivity index (χ1) is 12.3. The third-order valence-electron chi connectivity index (χ3n) is 4.39. The van der Waals surface area contributed by atoms with Crippen molar-refractivity contribution in [3.8, 4) is 5.75 Å². The van der Waals surface area contributed by atoms with E-state index >= 15 is 0 Å². The highest BCUT2D eigenvalue weighted by molar-refractivity contribution is 6.12. The fraction of sp³-hybridized carbons (Fsp3) is 0.0952. The normalized spacial score (nSPS) is 16.1. The molecule has 4 heteroatoms. The lowest BCUT2D eigenvalue weighted by molar-refractivity contribution is 0.0975. The second-order valence-electron chi connectivity index (χ2n) is 5.88. The minimum Gasteiger partial charge on any atom is -0.497 e. The molecule has 1 atom stereocenters. The highest BCUT2D eigenvalue weighted by atomic mass is 16.5. The van der Waals surface area contributed by atoms with Gasteiger partial charge in [0.1, 0.15) is 11.9 Å². The Balaban J connectivity index is 1.82. The van der Waals surface area contributed by atoms with Gasteiger partial charge in [0.2, 0.25) is 0 Å². The maximum atomic E-state index is 13.2. The summed E-state index contributed by atoms with van der Waals surface area (Å²) in [6, 6.07) is 25.1. The lowest BCUT2D eigenvalue weighted by Crippen LogP contribution is -2.43. The van der Waals surface area contributed by atoms with Crippen LogP contribution in [0.5, 0.6) is 5.75 Å². The zero-order valence-corrected chi connectivity index (χ0v) is 13.8. The molecule has 0 saturated carbocycles. The summed E-state index contributed by atoms with van der Waals surface area (Å²) in [6.45, 7) is 0. The summed E-state index contributed by atoms with van der Waals surface area (Å²) in [5.41, 5.74) is 3.37. The lowest BCUT2D eigenvalue weighted by atomic mass is 10.0. The number of nitrogens with zero attached hydrogens (tertiary/aromatic N) is 1. The van der Waals surface area contributed by atoms with Gasteiger partial charge in [0.05, 0.1) is 12.7 Å². The molecule has 0 saturated heterocycles. The topological polar surface area (TPSA) is 41.6 Å². The predicted octanol–water partition coefficient (Wildman–Crippen LogP) is 4.47. The molecule has 4 rings (SSSR count). The van der Waals surface area contributed by atoms with Crippen LogP contribution in [0.25, 0.3) is 0 Å². The summed E-state index contributed by atoms with van der Waals surface area (Å²) in [5, 5.41) is 3.49. The van der Waals surface area contributed by atoms with E-state index in [-0.39, 0.29) is 12.1 Å². The summed E-state index contributed by atoms with van der Waals surface area (Å²) >= 11 is 0. The second-order valence-corrected chi connectivity index (χ2v) is 5.88. The number of methoxy groups -OCH3 is 1. The molecule has 1 aliphatic heterocycles. The van der Waals surface area contributed by atoms with Gasteiger partial charge < -0.3 is 10.1 Å². The number of hydrogen-bond donors (Lipinski definition) is 1. The molecule has 124 valence electrons. The molecule has 1 N–H and O–H groups in total. The van der Waals surface area contributed by atoms with Crippen LogP contribution in [0.3, 0.4) is 0 Å². The Hall–Kier alpha value is -3.27. The van der Waals surface area contributed by atoms with E-state index in [0.29, 0.717) is 5.56 Å². The van der Waals surface area contributed by atoms with Crippen LogP contribution in [0.15, 0.2) is 78.9 Å². The molecule has 0 aliphatic carbocycles. The summed E-state index contributed by atoms with van der Waals surface area (Å²) in [4.78, 5) is 15.0. The maximum Gasteiger partial charge on any atom is 0.262 e. The molecular formula is C21H18N2O2. The smallest absolute Gasteiger partial charge is 0.262 e. The Morgan fingerprint density at radius 3 is 2.28 bits per heavy atom. The van der Waals surface area contributed by atoms with Gasteiger partial charge in [-0.15, -0.1) is 0 Å². The molecule has 1 aliphatic rings. The van der Waals surface area contributed by atoms with Gasteiger partial charge in [0.25, 0.3) is 5.91 Å². The van der Waals surface area contributed by atoms with Crippen molar-refractivity contribution in [2.24, 2.45) is 0 Å². The first kappa shape index (κ1) is 15.3. The molecule has 0 radical (unpaired) electrons. The van der Waals surface area contributed by atoms with E-state index in [9.17, 15) is 4.79 Å². The van der Waals surface area contributed by atoms with E-state index in [2.05, 4.69) is 5.32 Å². The van der Waals surface area contributed by atoms with Crippen LogP contribution in [0.1, 0.15) is 22.1 Å². The number of fused-ring (bicyclic) bond motifs is 1. The van der Waals surface area contributed by atoms with Crippen LogP contribution in [0.4, 0.5) is 11.4 Å². The van der Waals surface area contributed by atoms with Gasteiger partial charge >= 0.3 is 0 Å². The predicted molar refractivity (Wildman–Crippen MR) is 99.1 cm³/mol. The van der Waals surface area contributed by atoms with E-state index < -0.39 is 0 Å². The third-order valence-corrected chi connectivity index (χ3v) is 4.39. The molecule has 1 heterocycles. The molecule has 4 nitrogen and oxygen atoms in total. The first-order valence-electron chi connectivity index (χ1n) is 8.16. The van der Waals surface area contributed by atoms with Crippen LogP contribution in [-0.2, 0) is 0 Å². The number of rotatable bonds is 3. The molecule has 0 aromatic heterocycles. The summed E-state index contributed by atoms with van der Waals surface area (Å²) < 4.78 is 5.24. The fourth-order valence-electron chi connectivity index (χ4n) is 3.13. The summed E-state index contributed by atoms with van der Waals surface area (Å²) in [6.07, 6.45) is -0.282. The van der Waals surface area contributed by atoms with Crippen molar-refractivity contribution in [1.82, 2.24) is 0 Å². The molecule has 0 bridgehead atoms. The van der Waals surface area contributed by atoms with Crippen LogP contribution in [0.2, 0.25) is 0 Å². The Morgan fingerprint density at radius 2 is 1.56 bits per heavy atom. The Bertz CT molecular complexity index is 891. The maximum absolute atomic E-state index is 13.2. The Kier molecular flexibility index (Phi) is 3.86. The van der Waals surface area contributed by atoms with Crippen LogP contribution < -0.4 is 15.0 Å². The molecule has 0 fully saturated rings. The van der Waals surface area contributed by atoms with Gasteiger partial charge in [-0.3, -0.25) is 9.69 Å². The number of carbonyl (C=O) groups is 1. The van der Waals surface area contributed by atoms with Crippen molar-refractivity contribution < 1.29 is 9.53 Å². The van der Waals surface area contributed by atoms with Gasteiger partial charge in [0.15, 0.2) is 0 Å². The number of benzene rings is 3. The number of para-hydroxylation sites is 2. The molecule has 1 amide bonds. The Labute approximate surface area is 146 Å². The van der Waals surface area contributed by atoms with Crippen molar-refractivity contribution in [3.05, 3.63) is 90.0 Å². The number of anilines is 2. The molecular weight excluding hydrogens is 312 g/mol. The average Bonchev–Trinajstić information content (AvgIpc) is 2.69. The van der Waals surface area contributed by atoms with Gasteiger partial charge in [-0.05, 0) is 42.0 Å². The second kappa shape index (κ2) is 6.32. The van der Waals surface area contributed by atoms with Gasteiger partial charge in [-0.25, -0.2) is 0 Å². The molecule has 3 aromatic rings. The number of ether oxygens (including phenoxy) is 1. The number of hydrogen-bond acceptors (Lipinski definition) is 3. The molecule has 0 spiro atoms. The van der Waals surface area contributed by atoms with Crippen molar-refractivity contribution in [3.63, 3.8) is 0 Å². The number of nitrogens with one attached hydrogen (secondary N) is 1. The molecule has 1 unspecified atom stereocenters. The van der Waals surface area contributed by atoms with Crippen molar-refractivity contribution in [2.75, 3.05) is 17.3 Å². The van der Waals surface area contributed by atoms with Gasteiger partial charge in [0, 0.05) is 11.4 Å². The number of amides is 1. The molecule has 3 aromatic carbocycles. The molecule has 25 heavy (non-hydrogen) atoms. The standard InChI is InChI=1S/C21H18N2O2/c1-25-17-13-11-15(12-14-17)20-22-19-10-6-5-9-18(19)21(24)23(20)16-7-3-2-4-8-16/h2-14,20,22H,1H3. The minimum atomic E-state index is -0.282. The third kappa shape index (κ3) is 2.72. The van der Waals surface area contributed by atoms with Crippen LogP contribution >= 0.6 is 0 Å². The average molecular weight is 330 g/mol. The van der Waals surface area contributed by atoms with Gasteiger partial charge in [-0.2, -0.15) is 0 Å². The van der Waals surface area contributed by atoms with Crippen molar-refractivity contribution in [1.29, 1.82) is 0 Å². The van der Waals surface area contributed by atoms with E-state index in [1.807, 2.05) is 78.9 Å². The van der Waals surface area contributed by atoms with E-state index in [1.165, 1.54) is 0 Å². The summed E-state index contributed by atoms with van der Waals surface area (Å²) in [5.74, 6) is 0.777. The van der Waals surface area contributed by atoms with Crippen LogP contribution in [0, 0.1) is 0 Å². The highest BCUT2D eigenvalue weighted by Crippen LogP contribution is 2.36. The first-order valence-corrected chi connectivity index (χ1v) is 8.16. The zero-order valence-electron chi connectivity index (χ0n) is 13.8. The minimum absolute atomic E-state index is 0.0126. The zero-order chi connectivity index (χ0) is 17.2.